The molecule has 0 radical (unpaired) electrons. The van der Waals surface area contributed by atoms with Gasteiger partial charge in [-0.05, 0) is 85.4 Å². The molecule has 7 aromatic carbocycles. The molecule has 8 heteroatoms. The Balaban J connectivity index is 0.911. The number of allylic oxidation sites excluding steroid dienone is 1. The second kappa shape index (κ2) is 16.3. The standard InChI is InChI=1S/C56H38N8/c1-3-33-58-56(57-2)48-32-28-38-20-24-43(35-50(38)60-48)47-31-27-37-19-23-42(34-49(37)59-47)36-17-21-40(22-18-36)54-61-53(39-11-5-4-6-12-39)62-55(63-54)41-25-29-44(30-26-41)64-51-15-9-7-13-45(51)46-14-8-10-16-52(46)64/h3-35H,2H2,1H3/b33-3-,58-56?. The smallest absolute Gasteiger partial charge is 0.177 e. The zero-order chi connectivity index (χ0) is 43.0. The van der Waals surface area contributed by atoms with Crippen LogP contribution in [0.25, 0.3) is 106 Å². The fourth-order valence-electron chi connectivity index (χ4n) is 8.31. The van der Waals surface area contributed by atoms with Crippen LogP contribution in [0.15, 0.2) is 210 Å². The van der Waals surface area contributed by atoms with Crippen molar-refractivity contribution < 1.29 is 0 Å². The Labute approximate surface area is 369 Å². The number of pyridine rings is 2. The Morgan fingerprint density at radius 3 is 1.61 bits per heavy atom. The van der Waals surface area contributed by atoms with E-state index in [1.165, 1.54) is 21.8 Å². The van der Waals surface area contributed by atoms with E-state index < -0.39 is 0 Å². The monoisotopic (exact) mass is 822 g/mol. The lowest BCUT2D eigenvalue weighted by atomic mass is 10.0. The van der Waals surface area contributed by atoms with Crippen molar-refractivity contribution in [2.24, 2.45) is 9.98 Å². The van der Waals surface area contributed by atoms with Crippen LogP contribution in [-0.4, -0.2) is 42.0 Å². The first-order chi connectivity index (χ1) is 31.6. The van der Waals surface area contributed by atoms with Gasteiger partial charge in [0.05, 0.1) is 27.8 Å². The lowest BCUT2D eigenvalue weighted by Gasteiger charge is -2.11. The van der Waals surface area contributed by atoms with Crippen LogP contribution in [0, 0.1) is 0 Å². The first kappa shape index (κ1) is 38.2. The van der Waals surface area contributed by atoms with Crippen molar-refractivity contribution in [3.63, 3.8) is 0 Å². The Bertz CT molecular complexity index is 3570. The number of hydrogen-bond donors (Lipinski definition) is 0. The summed E-state index contributed by atoms with van der Waals surface area (Å²) in [7, 11) is 0. The molecule has 64 heavy (non-hydrogen) atoms. The van der Waals surface area contributed by atoms with Gasteiger partial charge in [-0.2, -0.15) is 0 Å². The highest BCUT2D eigenvalue weighted by molar-refractivity contribution is 6.09. The van der Waals surface area contributed by atoms with E-state index >= 15 is 0 Å². The number of aromatic nitrogens is 6. The van der Waals surface area contributed by atoms with E-state index in [9.17, 15) is 0 Å². The number of rotatable bonds is 8. The van der Waals surface area contributed by atoms with E-state index in [4.69, 9.17) is 24.9 Å². The molecule has 11 aromatic rings. The van der Waals surface area contributed by atoms with Gasteiger partial charge in [-0.3, -0.25) is 0 Å². The molecule has 0 bridgehead atoms. The molecule has 0 aliphatic heterocycles. The zero-order valence-electron chi connectivity index (χ0n) is 34.8. The zero-order valence-corrected chi connectivity index (χ0v) is 34.8. The van der Waals surface area contributed by atoms with E-state index in [2.05, 4.69) is 167 Å². The van der Waals surface area contributed by atoms with Gasteiger partial charge < -0.3 is 4.57 Å². The van der Waals surface area contributed by atoms with Crippen molar-refractivity contribution >= 4 is 56.2 Å². The first-order valence-electron chi connectivity index (χ1n) is 21.1. The third-order valence-corrected chi connectivity index (χ3v) is 11.5. The van der Waals surface area contributed by atoms with Gasteiger partial charge in [0.2, 0.25) is 0 Å². The van der Waals surface area contributed by atoms with Crippen molar-refractivity contribution in [1.29, 1.82) is 0 Å². The third kappa shape index (κ3) is 7.08. The quantitative estimate of drug-likeness (QED) is 0.112. The van der Waals surface area contributed by atoms with Gasteiger partial charge in [0.15, 0.2) is 23.3 Å². The lowest BCUT2D eigenvalue weighted by Crippen LogP contribution is -2.00. The first-order valence-corrected chi connectivity index (χ1v) is 21.1. The maximum absolute atomic E-state index is 5.12. The lowest BCUT2D eigenvalue weighted by molar-refractivity contribution is 1.07. The van der Waals surface area contributed by atoms with Crippen LogP contribution < -0.4 is 0 Å². The summed E-state index contributed by atoms with van der Waals surface area (Å²) in [6.45, 7) is 5.59. The third-order valence-electron chi connectivity index (χ3n) is 11.5. The summed E-state index contributed by atoms with van der Waals surface area (Å²) in [5.41, 5.74) is 12.5. The second-order valence-electron chi connectivity index (χ2n) is 15.5. The van der Waals surface area contributed by atoms with Crippen LogP contribution in [-0.2, 0) is 0 Å². The number of para-hydroxylation sites is 2. The SMILES string of the molecule is C=NC(=N/C=C\C)c1ccc2ccc(-c3ccc4ccc(-c5ccc(-c6nc(-c7ccccc7)nc(-c7ccc(-n8c9ccccc9c9ccccc98)cc7)n6)cc5)cc4n3)cc2n1. The van der Waals surface area contributed by atoms with Crippen LogP contribution in [0.3, 0.4) is 0 Å². The van der Waals surface area contributed by atoms with Crippen molar-refractivity contribution in [1.82, 2.24) is 29.5 Å². The fourth-order valence-corrected chi connectivity index (χ4v) is 8.31. The van der Waals surface area contributed by atoms with Gasteiger partial charge in [-0.15, -0.1) is 0 Å². The number of benzene rings is 7. The summed E-state index contributed by atoms with van der Waals surface area (Å²) >= 11 is 0. The minimum atomic E-state index is 0.475. The molecular formula is C56H38N8. The average molecular weight is 823 g/mol. The molecule has 0 fully saturated rings. The normalized spacial score (nSPS) is 11.9. The molecule has 0 aliphatic rings. The predicted octanol–water partition coefficient (Wildman–Crippen LogP) is 13.4. The average Bonchev–Trinajstić information content (AvgIpc) is 3.70. The number of nitrogens with zero attached hydrogens (tertiary/aromatic N) is 8. The minimum Gasteiger partial charge on any atom is -0.309 e. The van der Waals surface area contributed by atoms with Gasteiger partial charge in [-0.1, -0.05) is 133 Å². The molecule has 302 valence electrons. The Kier molecular flexibility index (Phi) is 9.71. The summed E-state index contributed by atoms with van der Waals surface area (Å²) in [5, 5.41) is 4.53. The van der Waals surface area contributed by atoms with Gasteiger partial charge in [0.1, 0.15) is 5.69 Å². The molecule has 0 spiro atoms. The maximum atomic E-state index is 5.12. The van der Waals surface area contributed by atoms with Gasteiger partial charge >= 0.3 is 0 Å². The number of hydrogen-bond acceptors (Lipinski definition) is 6. The molecule has 0 saturated carbocycles. The van der Waals surface area contributed by atoms with E-state index in [0.29, 0.717) is 29.0 Å². The highest BCUT2D eigenvalue weighted by Gasteiger charge is 2.16. The van der Waals surface area contributed by atoms with Crippen LogP contribution >= 0.6 is 0 Å². The largest absolute Gasteiger partial charge is 0.309 e. The van der Waals surface area contributed by atoms with Crippen LogP contribution in [0.5, 0.6) is 0 Å². The summed E-state index contributed by atoms with van der Waals surface area (Å²) in [4.78, 5) is 33.5. The topological polar surface area (TPSA) is 94.1 Å². The minimum absolute atomic E-state index is 0.475. The van der Waals surface area contributed by atoms with Gasteiger partial charge in [0.25, 0.3) is 0 Å². The van der Waals surface area contributed by atoms with Crippen LogP contribution in [0.2, 0.25) is 0 Å². The summed E-state index contributed by atoms with van der Waals surface area (Å²) in [6.07, 6.45) is 3.54. The van der Waals surface area contributed by atoms with Crippen molar-refractivity contribution in [2.45, 2.75) is 6.92 Å². The van der Waals surface area contributed by atoms with Crippen LogP contribution in [0.4, 0.5) is 0 Å². The highest BCUT2D eigenvalue weighted by atomic mass is 15.0. The molecule has 0 aliphatic carbocycles. The van der Waals surface area contributed by atoms with Crippen molar-refractivity contribution in [3.8, 4) is 62.2 Å². The van der Waals surface area contributed by atoms with E-state index in [1.54, 1.807) is 6.20 Å². The molecule has 0 saturated heterocycles. The maximum Gasteiger partial charge on any atom is 0.177 e. The predicted molar refractivity (Wildman–Crippen MR) is 263 cm³/mol. The van der Waals surface area contributed by atoms with Crippen LogP contribution in [0.1, 0.15) is 12.6 Å². The molecule has 4 aromatic heterocycles. The Morgan fingerprint density at radius 1 is 0.469 bits per heavy atom. The molecular weight excluding hydrogens is 785 g/mol. The summed E-state index contributed by atoms with van der Waals surface area (Å²) in [5.74, 6) is 2.30. The summed E-state index contributed by atoms with van der Waals surface area (Å²) in [6, 6.07) is 64.7. The molecule has 11 rings (SSSR count). The van der Waals surface area contributed by atoms with Gasteiger partial charge in [0, 0.05) is 55.7 Å². The van der Waals surface area contributed by atoms with E-state index in [-0.39, 0.29) is 0 Å². The molecule has 0 atom stereocenters. The summed E-state index contributed by atoms with van der Waals surface area (Å²) < 4.78 is 2.31. The number of fused-ring (bicyclic) bond motifs is 5. The fraction of sp³-hybridized carbons (Fsp3) is 0.0179. The Morgan fingerprint density at radius 2 is 0.969 bits per heavy atom. The molecule has 4 heterocycles. The Hall–Kier alpha value is -8.75. The van der Waals surface area contributed by atoms with Crippen molar-refractivity contribution in [3.05, 3.63) is 206 Å². The molecule has 8 nitrogen and oxygen atoms in total. The number of aliphatic imine (C=N–C) groups is 2. The second-order valence-corrected chi connectivity index (χ2v) is 15.5. The molecule has 0 unspecified atom stereocenters. The van der Waals surface area contributed by atoms with Crippen molar-refractivity contribution in [2.75, 3.05) is 0 Å². The molecule has 0 amide bonds. The van der Waals surface area contributed by atoms with E-state index in [1.807, 2.05) is 55.5 Å². The number of amidine groups is 1. The van der Waals surface area contributed by atoms with Gasteiger partial charge in [-0.25, -0.2) is 34.9 Å². The molecule has 0 N–H and O–H groups in total. The highest BCUT2D eigenvalue weighted by Crippen LogP contribution is 2.34. The van der Waals surface area contributed by atoms with E-state index in [0.717, 1.165) is 66.6 Å².